The molecule has 0 aliphatic carbocycles. The van der Waals surface area contributed by atoms with Crippen LogP contribution < -0.4 is 0 Å². The zero-order valence-corrected chi connectivity index (χ0v) is 6.30. The maximum atomic E-state index is 10.7. The summed E-state index contributed by atoms with van der Waals surface area (Å²) in [6.45, 7) is 5.07. The van der Waals surface area contributed by atoms with Crippen molar-refractivity contribution in [3.8, 4) is 0 Å². The van der Waals surface area contributed by atoms with Gasteiger partial charge in [0.05, 0.1) is 6.54 Å². The van der Waals surface area contributed by atoms with E-state index in [0.29, 0.717) is 13.2 Å². The van der Waals surface area contributed by atoms with E-state index in [4.69, 9.17) is 4.74 Å². The number of morpholine rings is 1. The Hall–Kier alpha value is -0.570. The second kappa shape index (κ2) is 3.56. The molecule has 0 aromatic rings. The zero-order valence-electron chi connectivity index (χ0n) is 6.30. The van der Waals surface area contributed by atoms with Crippen molar-refractivity contribution in [1.29, 1.82) is 0 Å². The zero-order chi connectivity index (χ0) is 7.40. The van der Waals surface area contributed by atoms with Gasteiger partial charge in [-0.25, -0.2) is 0 Å². The summed E-state index contributed by atoms with van der Waals surface area (Å²) in [5, 5.41) is 0. The minimum absolute atomic E-state index is 0.0836. The maximum Gasteiger partial charge on any atom is 0.320 e. The molecule has 0 spiro atoms. The summed E-state index contributed by atoms with van der Waals surface area (Å²) in [6.07, 6.45) is 1.10. The molecule has 58 valence electrons. The van der Waals surface area contributed by atoms with Gasteiger partial charge in [-0.1, -0.05) is 6.92 Å². The lowest BCUT2D eigenvalue weighted by atomic mass is 10.3. The molecular formula is C7H13NO2. The minimum atomic E-state index is -0.0836. The highest BCUT2D eigenvalue weighted by atomic mass is 16.5. The molecule has 0 aromatic heterocycles. The van der Waals surface area contributed by atoms with Crippen LogP contribution in [-0.4, -0.2) is 37.1 Å². The van der Waals surface area contributed by atoms with Crippen molar-refractivity contribution in [2.75, 3.05) is 26.2 Å². The van der Waals surface area contributed by atoms with E-state index in [1.807, 2.05) is 0 Å². The number of ether oxygens (including phenoxy) is 1. The summed E-state index contributed by atoms with van der Waals surface area (Å²) in [5.41, 5.74) is 0. The van der Waals surface area contributed by atoms with Crippen LogP contribution in [-0.2, 0) is 9.53 Å². The SMILES string of the molecule is CCCN1CCOC(=O)C1. The maximum absolute atomic E-state index is 10.7. The van der Waals surface area contributed by atoms with Crippen LogP contribution in [0.2, 0.25) is 0 Å². The van der Waals surface area contributed by atoms with Gasteiger partial charge < -0.3 is 4.74 Å². The van der Waals surface area contributed by atoms with E-state index in [1.54, 1.807) is 0 Å². The molecule has 3 nitrogen and oxygen atoms in total. The lowest BCUT2D eigenvalue weighted by molar-refractivity contribution is -0.150. The molecule has 1 rings (SSSR count). The first-order valence-corrected chi connectivity index (χ1v) is 3.71. The van der Waals surface area contributed by atoms with E-state index in [-0.39, 0.29) is 5.97 Å². The van der Waals surface area contributed by atoms with Gasteiger partial charge in [0.2, 0.25) is 0 Å². The van der Waals surface area contributed by atoms with Crippen molar-refractivity contribution in [2.45, 2.75) is 13.3 Å². The lowest BCUT2D eigenvalue weighted by Gasteiger charge is -2.24. The smallest absolute Gasteiger partial charge is 0.320 e. The normalized spacial score (nSPS) is 20.7. The fourth-order valence-corrected chi connectivity index (χ4v) is 1.10. The fraction of sp³-hybridized carbons (Fsp3) is 0.857. The standard InChI is InChI=1S/C7H13NO2/c1-2-3-8-4-5-10-7(9)6-8/h2-6H2,1H3. The summed E-state index contributed by atoms with van der Waals surface area (Å²) in [5.74, 6) is -0.0836. The Morgan fingerprint density at radius 3 is 3.10 bits per heavy atom. The van der Waals surface area contributed by atoms with Crippen molar-refractivity contribution in [3.05, 3.63) is 0 Å². The van der Waals surface area contributed by atoms with Gasteiger partial charge in [0, 0.05) is 6.54 Å². The van der Waals surface area contributed by atoms with Gasteiger partial charge in [-0.2, -0.15) is 0 Å². The average Bonchev–Trinajstić information content (AvgIpc) is 1.88. The van der Waals surface area contributed by atoms with Crippen LogP contribution in [0.3, 0.4) is 0 Å². The molecule has 0 amide bonds. The summed E-state index contributed by atoms with van der Waals surface area (Å²) in [6, 6.07) is 0. The van der Waals surface area contributed by atoms with Gasteiger partial charge in [-0.15, -0.1) is 0 Å². The first kappa shape index (κ1) is 7.54. The van der Waals surface area contributed by atoms with Gasteiger partial charge in [0.25, 0.3) is 0 Å². The molecule has 3 heteroatoms. The number of carbonyl (C=O) groups is 1. The van der Waals surface area contributed by atoms with Crippen LogP contribution in [0.25, 0.3) is 0 Å². The summed E-state index contributed by atoms with van der Waals surface area (Å²) >= 11 is 0. The summed E-state index contributed by atoms with van der Waals surface area (Å²) in [4.78, 5) is 12.8. The molecule has 0 saturated carbocycles. The highest BCUT2D eigenvalue weighted by Crippen LogP contribution is 1.98. The van der Waals surface area contributed by atoms with Crippen molar-refractivity contribution in [1.82, 2.24) is 4.90 Å². The number of cyclic esters (lactones) is 1. The van der Waals surface area contributed by atoms with E-state index in [9.17, 15) is 4.79 Å². The highest BCUT2D eigenvalue weighted by molar-refractivity contribution is 5.72. The second-order valence-electron chi connectivity index (χ2n) is 2.50. The quantitative estimate of drug-likeness (QED) is 0.519. The molecule has 0 bridgehead atoms. The molecule has 10 heavy (non-hydrogen) atoms. The largest absolute Gasteiger partial charge is 0.463 e. The molecule has 1 fully saturated rings. The topological polar surface area (TPSA) is 29.5 Å². The number of hydrogen-bond donors (Lipinski definition) is 0. The summed E-state index contributed by atoms with van der Waals surface area (Å²) in [7, 11) is 0. The fourth-order valence-electron chi connectivity index (χ4n) is 1.10. The van der Waals surface area contributed by atoms with Crippen LogP contribution in [0.15, 0.2) is 0 Å². The lowest BCUT2D eigenvalue weighted by Crippen LogP contribution is -2.39. The number of nitrogens with zero attached hydrogens (tertiary/aromatic N) is 1. The van der Waals surface area contributed by atoms with Gasteiger partial charge >= 0.3 is 5.97 Å². The van der Waals surface area contributed by atoms with Gasteiger partial charge in [0.1, 0.15) is 6.61 Å². The van der Waals surface area contributed by atoms with Crippen molar-refractivity contribution in [2.24, 2.45) is 0 Å². The van der Waals surface area contributed by atoms with Gasteiger partial charge in [0.15, 0.2) is 0 Å². The molecule has 0 unspecified atom stereocenters. The van der Waals surface area contributed by atoms with Gasteiger partial charge in [-0.3, -0.25) is 9.69 Å². The molecule has 0 aromatic carbocycles. The second-order valence-corrected chi connectivity index (χ2v) is 2.50. The Bertz CT molecular complexity index is 123. The monoisotopic (exact) mass is 143 g/mol. The molecule has 1 heterocycles. The number of hydrogen-bond acceptors (Lipinski definition) is 3. The predicted molar refractivity (Wildman–Crippen MR) is 37.7 cm³/mol. The van der Waals surface area contributed by atoms with Crippen molar-refractivity contribution < 1.29 is 9.53 Å². The molecule has 0 N–H and O–H groups in total. The number of esters is 1. The predicted octanol–water partition coefficient (Wildman–Crippen LogP) is 0.255. The van der Waals surface area contributed by atoms with E-state index in [1.165, 1.54) is 0 Å². The van der Waals surface area contributed by atoms with Crippen LogP contribution in [0, 0.1) is 0 Å². The van der Waals surface area contributed by atoms with Crippen molar-refractivity contribution >= 4 is 5.97 Å². The third-order valence-corrected chi connectivity index (χ3v) is 1.56. The molecule has 1 aliphatic heterocycles. The van der Waals surface area contributed by atoms with E-state index >= 15 is 0 Å². The number of carbonyl (C=O) groups excluding carboxylic acids is 1. The molecule has 0 atom stereocenters. The van der Waals surface area contributed by atoms with Crippen LogP contribution in [0.4, 0.5) is 0 Å². The first-order valence-electron chi connectivity index (χ1n) is 3.71. The first-order chi connectivity index (χ1) is 4.83. The minimum Gasteiger partial charge on any atom is -0.463 e. The Labute approximate surface area is 61.0 Å². The number of rotatable bonds is 2. The van der Waals surface area contributed by atoms with Crippen LogP contribution in [0.5, 0.6) is 0 Å². The molecule has 0 radical (unpaired) electrons. The third-order valence-electron chi connectivity index (χ3n) is 1.56. The highest BCUT2D eigenvalue weighted by Gasteiger charge is 2.15. The van der Waals surface area contributed by atoms with E-state index < -0.39 is 0 Å². The van der Waals surface area contributed by atoms with Gasteiger partial charge in [-0.05, 0) is 13.0 Å². The average molecular weight is 143 g/mol. The van der Waals surface area contributed by atoms with E-state index in [0.717, 1.165) is 19.5 Å². The molecule has 1 aliphatic rings. The summed E-state index contributed by atoms with van der Waals surface area (Å²) < 4.78 is 4.77. The Balaban J connectivity index is 2.25. The Morgan fingerprint density at radius 1 is 1.70 bits per heavy atom. The molecule has 1 saturated heterocycles. The van der Waals surface area contributed by atoms with Crippen LogP contribution in [0.1, 0.15) is 13.3 Å². The Kier molecular flexibility index (Phi) is 2.68. The van der Waals surface area contributed by atoms with Crippen molar-refractivity contribution in [3.63, 3.8) is 0 Å². The van der Waals surface area contributed by atoms with E-state index in [2.05, 4.69) is 11.8 Å². The van der Waals surface area contributed by atoms with Crippen LogP contribution >= 0.6 is 0 Å². The third kappa shape index (κ3) is 1.99. The Morgan fingerprint density at radius 2 is 2.50 bits per heavy atom. The molecular weight excluding hydrogens is 130 g/mol.